The lowest BCUT2D eigenvalue weighted by Crippen LogP contribution is -2.23. The normalized spacial score (nSPS) is 12.5. The van der Waals surface area contributed by atoms with E-state index < -0.39 is 0 Å². The summed E-state index contributed by atoms with van der Waals surface area (Å²) in [6.45, 7) is 10.3. The van der Waals surface area contributed by atoms with Gasteiger partial charge in [-0.2, -0.15) is 0 Å². The molecule has 0 aliphatic carbocycles. The quantitative estimate of drug-likeness (QED) is 0.492. The maximum absolute atomic E-state index is 11.8. The summed E-state index contributed by atoms with van der Waals surface area (Å²) < 4.78 is 10.9. The van der Waals surface area contributed by atoms with E-state index in [1.807, 2.05) is 20.8 Å². The summed E-state index contributed by atoms with van der Waals surface area (Å²) in [5.41, 5.74) is 0. The average molecular weight is 314 g/mol. The van der Waals surface area contributed by atoms with Crippen molar-refractivity contribution < 1.29 is 19.1 Å². The van der Waals surface area contributed by atoms with Gasteiger partial charge in [-0.25, -0.2) is 0 Å². The number of rotatable bonds is 12. The summed E-state index contributed by atoms with van der Waals surface area (Å²) in [5, 5.41) is 0. The highest BCUT2D eigenvalue weighted by Gasteiger charge is 2.17. The van der Waals surface area contributed by atoms with E-state index in [-0.39, 0.29) is 37.0 Å². The molecule has 0 amide bonds. The molecule has 0 heterocycles. The van der Waals surface area contributed by atoms with Crippen LogP contribution in [-0.4, -0.2) is 24.1 Å². The van der Waals surface area contributed by atoms with Crippen molar-refractivity contribution in [2.45, 2.75) is 98.2 Å². The maximum Gasteiger partial charge on any atom is 0.306 e. The van der Waals surface area contributed by atoms with Crippen molar-refractivity contribution in [1.29, 1.82) is 0 Å². The number of hydrogen-bond donors (Lipinski definition) is 0. The van der Waals surface area contributed by atoms with Crippen molar-refractivity contribution in [2.24, 2.45) is 5.92 Å². The zero-order valence-corrected chi connectivity index (χ0v) is 15.0. The van der Waals surface area contributed by atoms with Gasteiger partial charge in [-0.3, -0.25) is 9.59 Å². The Hall–Kier alpha value is -1.06. The molecule has 0 aliphatic heterocycles. The Kier molecular flexibility index (Phi) is 11.9. The molecule has 0 fully saturated rings. The van der Waals surface area contributed by atoms with Gasteiger partial charge >= 0.3 is 11.9 Å². The molecule has 0 aromatic rings. The first-order valence-corrected chi connectivity index (χ1v) is 8.83. The summed E-state index contributed by atoms with van der Waals surface area (Å²) in [4.78, 5) is 23.5. The first-order chi connectivity index (χ1) is 10.4. The Morgan fingerprint density at radius 1 is 0.864 bits per heavy atom. The van der Waals surface area contributed by atoms with Gasteiger partial charge in [-0.05, 0) is 31.6 Å². The summed E-state index contributed by atoms with van der Waals surface area (Å²) in [6.07, 6.45) is 5.73. The molecule has 1 unspecified atom stereocenters. The Labute approximate surface area is 135 Å². The Bertz CT molecular complexity index is 306. The van der Waals surface area contributed by atoms with Gasteiger partial charge in [-0.15, -0.1) is 0 Å². The lowest BCUT2D eigenvalue weighted by Gasteiger charge is -2.19. The fourth-order valence-electron chi connectivity index (χ4n) is 2.45. The zero-order valence-electron chi connectivity index (χ0n) is 15.0. The molecule has 0 aromatic heterocycles. The van der Waals surface area contributed by atoms with Gasteiger partial charge < -0.3 is 9.47 Å². The van der Waals surface area contributed by atoms with Crippen LogP contribution >= 0.6 is 0 Å². The van der Waals surface area contributed by atoms with Crippen LogP contribution in [0.1, 0.15) is 86.0 Å². The molecule has 0 rings (SSSR count). The fraction of sp³-hybridized carbons (Fsp3) is 0.889. The summed E-state index contributed by atoms with van der Waals surface area (Å²) >= 11 is 0. The lowest BCUT2D eigenvalue weighted by molar-refractivity contribution is -0.152. The Morgan fingerprint density at radius 3 is 1.77 bits per heavy atom. The molecule has 0 bridgehead atoms. The Morgan fingerprint density at radius 2 is 1.36 bits per heavy atom. The molecule has 0 saturated heterocycles. The summed E-state index contributed by atoms with van der Waals surface area (Å²) in [5.74, 6) is -0.0922. The van der Waals surface area contributed by atoms with E-state index in [2.05, 4.69) is 13.8 Å². The van der Waals surface area contributed by atoms with E-state index >= 15 is 0 Å². The molecule has 130 valence electrons. The molecule has 1 atom stereocenters. The molecule has 0 aliphatic rings. The number of carbonyl (C=O) groups is 2. The van der Waals surface area contributed by atoms with Gasteiger partial charge in [0.1, 0.15) is 12.2 Å². The van der Waals surface area contributed by atoms with Crippen molar-refractivity contribution >= 4 is 11.9 Å². The molecule has 4 heteroatoms. The predicted octanol–water partition coefficient (Wildman–Crippen LogP) is 4.65. The second-order valence-electron chi connectivity index (χ2n) is 6.22. The topological polar surface area (TPSA) is 52.6 Å². The van der Waals surface area contributed by atoms with Crippen molar-refractivity contribution in [3.8, 4) is 0 Å². The molecule has 0 saturated carbocycles. The largest absolute Gasteiger partial charge is 0.462 e. The molecule has 0 radical (unpaired) electrons. The predicted molar refractivity (Wildman–Crippen MR) is 88.6 cm³/mol. The van der Waals surface area contributed by atoms with E-state index in [0.29, 0.717) is 12.3 Å². The minimum absolute atomic E-state index is 0.0277. The highest BCUT2D eigenvalue weighted by Crippen LogP contribution is 2.14. The number of carbonyl (C=O) groups excluding carboxylic acids is 2. The minimum atomic E-state index is -0.216. The molecular weight excluding hydrogens is 280 g/mol. The van der Waals surface area contributed by atoms with Crippen LogP contribution in [0.5, 0.6) is 0 Å². The first-order valence-electron chi connectivity index (χ1n) is 8.83. The minimum Gasteiger partial charge on any atom is -0.462 e. The number of hydrogen-bond acceptors (Lipinski definition) is 4. The van der Waals surface area contributed by atoms with Crippen molar-refractivity contribution in [3.63, 3.8) is 0 Å². The van der Waals surface area contributed by atoms with Gasteiger partial charge in [0.25, 0.3) is 0 Å². The highest BCUT2D eigenvalue weighted by molar-refractivity contribution is 5.72. The van der Waals surface area contributed by atoms with E-state index in [4.69, 9.17) is 9.47 Å². The van der Waals surface area contributed by atoms with Crippen LogP contribution in [0.15, 0.2) is 0 Å². The van der Waals surface area contributed by atoms with E-state index in [1.54, 1.807) is 0 Å². The molecule has 0 aromatic carbocycles. The van der Waals surface area contributed by atoms with Crippen LogP contribution < -0.4 is 0 Å². The summed E-state index contributed by atoms with van der Waals surface area (Å²) in [6, 6.07) is 0. The van der Waals surface area contributed by atoms with Crippen molar-refractivity contribution in [1.82, 2.24) is 0 Å². The van der Waals surface area contributed by atoms with E-state index in [0.717, 1.165) is 32.1 Å². The molecule has 4 nitrogen and oxygen atoms in total. The van der Waals surface area contributed by atoms with Gasteiger partial charge in [0, 0.05) is 12.8 Å². The van der Waals surface area contributed by atoms with Crippen LogP contribution in [0, 0.1) is 5.92 Å². The SMILES string of the molecule is CCCC(CCC)OC(=O)CCCC(=O)OC(CC)C(C)C. The fourth-order valence-corrected chi connectivity index (χ4v) is 2.45. The molecule has 22 heavy (non-hydrogen) atoms. The third-order valence-electron chi connectivity index (χ3n) is 3.71. The highest BCUT2D eigenvalue weighted by atomic mass is 16.5. The maximum atomic E-state index is 11.8. The third-order valence-corrected chi connectivity index (χ3v) is 3.71. The number of esters is 2. The van der Waals surface area contributed by atoms with Crippen LogP contribution in [0.25, 0.3) is 0 Å². The van der Waals surface area contributed by atoms with Gasteiger partial charge in [0.15, 0.2) is 0 Å². The van der Waals surface area contributed by atoms with E-state index in [1.165, 1.54) is 0 Å². The molecule has 0 spiro atoms. The Balaban J connectivity index is 3.97. The monoisotopic (exact) mass is 314 g/mol. The van der Waals surface area contributed by atoms with Crippen molar-refractivity contribution in [2.75, 3.05) is 0 Å². The second kappa shape index (κ2) is 12.5. The second-order valence-corrected chi connectivity index (χ2v) is 6.22. The summed E-state index contributed by atoms with van der Waals surface area (Å²) in [7, 11) is 0. The lowest BCUT2D eigenvalue weighted by atomic mass is 10.1. The van der Waals surface area contributed by atoms with E-state index in [9.17, 15) is 9.59 Å². The zero-order chi connectivity index (χ0) is 17.0. The average Bonchev–Trinajstić information content (AvgIpc) is 2.44. The third kappa shape index (κ3) is 9.80. The standard InChI is InChI=1S/C18H34O4/c1-6-10-15(11-7-2)21-17(19)12-9-13-18(20)22-16(8-3)14(4)5/h14-16H,6-13H2,1-5H3. The van der Waals surface area contributed by atoms with Gasteiger partial charge in [-0.1, -0.05) is 47.5 Å². The van der Waals surface area contributed by atoms with Crippen molar-refractivity contribution in [3.05, 3.63) is 0 Å². The molecule has 0 N–H and O–H groups in total. The van der Waals surface area contributed by atoms with Crippen LogP contribution in [-0.2, 0) is 19.1 Å². The first kappa shape index (κ1) is 20.9. The number of ether oxygens (including phenoxy) is 2. The molecular formula is C18H34O4. The van der Waals surface area contributed by atoms with Gasteiger partial charge in [0.05, 0.1) is 0 Å². The van der Waals surface area contributed by atoms with Crippen LogP contribution in [0.3, 0.4) is 0 Å². The van der Waals surface area contributed by atoms with Gasteiger partial charge in [0.2, 0.25) is 0 Å². The van der Waals surface area contributed by atoms with Crippen LogP contribution in [0.4, 0.5) is 0 Å². The smallest absolute Gasteiger partial charge is 0.306 e. The van der Waals surface area contributed by atoms with Crippen LogP contribution in [0.2, 0.25) is 0 Å².